The van der Waals surface area contributed by atoms with E-state index in [1.165, 1.54) is 18.2 Å². The van der Waals surface area contributed by atoms with Gasteiger partial charge in [-0.2, -0.15) is 13.2 Å². The quantitative estimate of drug-likeness (QED) is 0.523. The van der Waals surface area contributed by atoms with Crippen molar-refractivity contribution in [3.05, 3.63) is 53.7 Å². The van der Waals surface area contributed by atoms with Crippen molar-refractivity contribution in [1.29, 1.82) is 0 Å². The highest BCUT2D eigenvalue weighted by Gasteiger charge is 2.39. The molecule has 2 heterocycles. The highest BCUT2D eigenvalue weighted by Crippen LogP contribution is 2.28. The van der Waals surface area contributed by atoms with Gasteiger partial charge in [-0.25, -0.2) is 9.37 Å². The predicted molar refractivity (Wildman–Crippen MR) is 94.9 cm³/mol. The predicted octanol–water partition coefficient (Wildman–Crippen LogP) is 0.966. The largest absolute Gasteiger partial charge is 0.434 e. The standard InChI is InChI=1S/C18H18F4N4O4/c19-10-3-1-2-9(4-10)17(29)24-5-12-16(28)15(27)11(8-30-12)25-14-7-23-6-13(26-14)18(20,21)22/h1-4,6-7,11-12,15-16,27-28H,5,8H2,(H,24,29)(H,25,26)/t11-,12+,15+,16-/m0/s1. The van der Waals surface area contributed by atoms with Crippen molar-refractivity contribution in [2.45, 2.75) is 30.5 Å². The number of halogens is 4. The Hall–Kier alpha value is -2.83. The van der Waals surface area contributed by atoms with Crippen molar-refractivity contribution in [2.75, 3.05) is 18.5 Å². The highest BCUT2D eigenvalue weighted by atomic mass is 19.4. The molecule has 4 atom stereocenters. The molecule has 4 N–H and O–H groups in total. The van der Waals surface area contributed by atoms with Crippen molar-refractivity contribution in [3.63, 3.8) is 0 Å². The second-order valence-electron chi connectivity index (χ2n) is 6.61. The minimum absolute atomic E-state index is 0.0727. The molecule has 0 radical (unpaired) electrons. The lowest BCUT2D eigenvalue weighted by atomic mass is 9.98. The molecular formula is C18H18F4N4O4. The summed E-state index contributed by atoms with van der Waals surface area (Å²) in [6.45, 7) is -0.361. The molecule has 1 aliphatic heterocycles. The number of carbonyl (C=O) groups excluding carboxylic acids is 1. The zero-order chi connectivity index (χ0) is 21.9. The zero-order valence-corrected chi connectivity index (χ0v) is 15.3. The van der Waals surface area contributed by atoms with E-state index >= 15 is 0 Å². The van der Waals surface area contributed by atoms with Gasteiger partial charge in [0.25, 0.3) is 5.91 Å². The number of hydrogen-bond acceptors (Lipinski definition) is 7. The molecule has 1 fully saturated rings. The molecule has 1 aromatic heterocycles. The number of carbonyl (C=O) groups is 1. The van der Waals surface area contributed by atoms with E-state index in [0.29, 0.717) is 6.20 Å². The number of nitrogens with one attached hydrogen (secondary N) is 2. The van der Waals surface area contributed by atoms with Crippen LogP contribution >= 0.6 is 0 Å². The fourth-order valence-electron chi connectivity index (χ4n) is 2.88. The van der Waals surface area contributed by atoms with Gasteiger partial charge < -0.3 is 25.6 Å². The van der Waals surface area contributed by atoms with E-state index in [0.717, 1.165) is 12.3 Å². The lowest BCUT2D eigenvalue weighted by Crippen LogP contribution is -2.58. The Morgan fingerprint density at radius 3 is 2.70 bits per heavy atom. The number of aromatic nitrogens is 2. The fraction of sp³-hybridized carbons (Fsp3) is 0.389. The Balaban J connectivity index is 1.57. The molecule has 0 bridgehead atoms. The third-order valence-corrected chi connectivity index (χ3v) is 4.44. The van der Waals surface area contributed by atoms with Gasteiger partial charge in [0, 0.05) is 12.1 Å². The third-order valence-electron chi connectivity index (χ3n) is 4.44. The normalized spacial score (nSPS) is 24.3. The second kappa shape index (κ2) is 8.90. The van der Waals surface area contributed by atoms with Gasteiger partial charge in [-0.3, -0.25) is 9.78 Å². The van der Waals surface area contributed by atoms with E-state index in [1.807, 2.05) is 0 Å². The van der Waals surface area contributed by atoms with Crippen LogP contribution in [-0.4, -0.2) is 63.6 Å². The maximum atomic E-state index is 13.2. The van der Waals surface area contributed by atoms with Crippen LogP contribution in [0.3, 0.4) is 0 Å². The molecule has 8 nitrogen and oxygen atoms in total. The van der Waals surface area contributed by atoms with Gasteiger partial charge in [-0.05, 0) is 18.2 Å². The van der Waals surface area contributed by atoms with Gasteiger partial charge in [0.2, 0.25) is 0 Å². The molecule has 0 spiro atoms. The summed E-state index contributed by atoms with van der Waals surface area (Å²) < 4.78 is 56.8. The second-order valence-corrected chi connectivity index (χ2v) is 6.61. The fourth-order valence-corrected chi connectivity index (χ4v) is 2.88. The summed E-state index contributed by atoms with van der Waals surface area (Å²) >= 11 is 0. The average Bonchev–Trinajstić information content (AvgIpc) is 2.70. The van der Waals surface area contributed by atoms with E-state index in [2.05, 4.69) is 20.6 Å². The first-order valence-electron chi connectivity index (χ1n) is 8.82. The number of aliphatic hydroxyl groups excluding tert-OH is 2. The van der Waals surface area contributed by atoms with Crippen LogP contribution in [-0.2, 0) is 10.9 Å². The van der Waals surface area contributed by atoms with Crippen LogP contribution in [0.15, 0.2) is 36.7 Å². The van der Waals surface area contributed by atoms with Crippen LogP contribution in [0.25, 0.3) is 0 Å². The van der Waals surface area contributed by atoms with Gasteiger partial charge >= 0.3 is 6.18 Å². The summed E-state index contributed by atoms with van der Waals surface area (Å²) in [7, 11) is 0. The van der Waals surface area contributed by atoms with Crippen molar-refractivity contribution >= 4 is 11.7 Å². The number of amides is 1. The molecule has 1 saturated heterocycles. The number of alkyl halides is 3. The first-order chi connectivity index (χ1) is 14.1. The maximum Gasteiger partial charge on any atom is 0.434 e. The lowest BCUT2D eigenvalue weighted by molar-refractivity contribution is -0.141. The third kappa shape index (κ3) is 5.20. The Morgan fingerprint density at radius 2 is 2.00 bits per heavy atom. The minimum Gasteiger partial charge on any atom is -0.388 e. The number of anilines is 1. The summed E-state index contributed by atoms with van der Waals surface area (Å²) in [4.78, 5) is 18.9. The van der Waals surface area contributed by atoms with E-state index in [4.69, 9.17) is 4.74 Å². The molecular weight excluding hydrogens is 412 g/mol. The number of hydrogen-bond donors (Lipinski definition) is 4. The number of benzene rings is 1. The van der Waals surface area contributed by atoms with Crippen LogP contribution in [0.4, 0.5) is 23.4 Å². The lowest BCUT2D eigenvalue weighted by Gasteiger charge is -2.38. The molecule has 0 aliphatic carbocycles. The van der Waals surface area contributed by atoms with Crippen LogP contribution in [0.5, 0.6) is 0 Å². The van der Waals surface area contributed by atoms with Crippen LogP contribution in [0, 0.1) is 5.82 Å². The molecule has 12 heteroatoms. The first kappa shape index (κ1) is 21.9. The molecule has 30 heavy (non-hydrogen) atoms. The molecule has 2 aromatic rings. The van der Waals surface area contributed by atoms with Crippen molar-refractivity contribution in [2.24, 2.45) is 0 Å². The van der Waals surface area contributed by atoms with Crippen LogP contribution in [0.2, 0.25) is 0 Å². The molecule has 1 amide bonds. The van der Waals surface area contributed by atoms with Crippen molar-refractivity contribution in [1.82, 2.24) is 15.3 Å². The summed E-state index contributed by atoms with van der Waals surface area (Å²) in [6.07, 6.45) is -6.95. The Kier molecular flexibility index (Phi) is 6.48. The number of ether oxygens (including phenoxy) is 1. The molecule has 1 aliphatic rings. The Labute approximate surface area is 167 Å². The van der Waals surface area contributed by atoms with Crippen molar-refractivity contribution < 1.29 is 37.3 Å². The smallest absolute Gasteiger partial charge is 0.388 e. The van der Waals surface area contributed by atoms with Gasteiger partial charge in [0.1, 0.15) is 29.9 Å². The molecule has 3 rings (SSSR count). The first-order valence-corrected chi connectivity index (χ1v) is 8.82. The Bertz CT molecular complexity index is 898. The summed E-state index contributed by atoms with van der Waals surface area (Å²) in [5.41, 5.74) is -1.14. The average molecular weight is 430 g/mol. The van der Waals surface area contributed by atoms with Crippen molar-refractivity contribution in [3.8, 4) is 0 Å². The topological polar surface area (TPSA) is 117 Å². The van der Waals surface area contributed by atoms with E-state index in [1.54, 1.807) is 0 Å². The Morgan fingerprint density at radius 1 is 1.23 bits per heavy atom. The summed E-state index contributed by atoms with van der Waals surface area (Å²) in [6, 6.07) is 4.03. The number of nitrogens with zero attached hydrogens (tertiary/aromatic N) is 2. The molecule has 0 unspecified atom stereocenters. The van der Waals surface area contributed by atoms with Gasteiger partial charge in [-0.15, -0.1) is 0 Å². The van der Waals surface area contributed by atoms with Gasteiger partial charge in [0.05, 0.1) is 25.0 Å². The highest BCUT2D eigenvalue weighted by molar-refractivity contribution is 5.94. The maximum absolute atomic E-state index is 13.2. The number of rotatable bonds is 5. The van der Waals surface area contributed by atoms with E-state index < -0.39 is 47.9 Å². The van der Waals surface area contributed by atoms with Crippen LogP contribution in [0.1, 0.15) is 16.1 Å². The summed E-state index contributed by atoms with van der Waals surface area (Å²) in [5, 5.41) is 25.6. The van der Waals surface area contributed by atoms with E-state index in [9.17, 15) is 32.6 Å². The van der Waals surface area contributed by atoms with E-state index in [-0.39, 0.29) is 24.5 Å². The summed E-state index contributed by atoms with van der Waals surface area (Å²) in [5.74, 6) is -1.43. The zero-order valence-electron chi connectivity index (χ0n) is 15.3. The molecule has 1 aromatic carbocycles. The molecule has 162 valence electrons. The SMILES string of the molecule is O=C(NC[C@H]1OC[C@H](Nc2cncc(C(F)(F)F)n2)[C@@H](O)[C@H]1O)c1cccc(F)c1. The number of aliphatic hydroxyl groups is 2. The van der Waals surface area contributed by atoms with Crippen LogP contribution < -0.4 is 10.6 Å². The van der Waals surface area contributed by atoms with Gasteiger partial charge in [0.15, 0.2) is 5.69 Å². The monoisotopic (exact) mass is 430 g/mol. The minimum atomic E-state index is -4.68. The molecule has 0 saturated carbocycles. The van der Waals surface area contributed by atoms with Gasteiger partial charge in [-0.1, -0.05) is 6.07 Å².